The Kier molecular flexibility index (Phi) is 3.55. The fraction of sp³-hybridized carbons (Fsp3) is 0.0667. The molecule has 3 rings (SSSR count). The lowest BCUT2D eigenvalue weighted by molar-refractivity contribution is 0.620. The predicted octanol–water partition coefficient (Wildman–Crippen LogP) is 3.55. The standard InChI is InChI=1S/C15H9BrF2N2O/c16-10-6-8(4-5-11(10)17)7-13-9-2-1-3-12(18)14(9)15(21)20-19-13/h1-6H,7H2,(H,20,21). The van der Waals surface area contributed by atoms with Crippen LogP contribution >= 0.6 is 15.9 Å². The third-order valence-electron chi connectivity index (χ3n) is 3.20. The minimum Gasteiger partial charge on any atom is -0.267 e. The molecule has 0 saturated carbocycles. The van der Waals surface area contributed by atoms with Gasteiger partial charge < -0.3 is 0 Å². The molecule has 0 aliphatic heterocycles. The van der Waals surface area contributed by atoms with Gasteiger partial charge in [0.05, 0.1) is 15.6 Å². The summed E-state index contributed by atoms with van der Waals surface area (Å²) in [4.78, 5) is 11.7. The fourth-order valence-corrected chi connectivity index (χ4v) is 2.63. The van der Waals surface area contributed by atoms with Crippen LogP contribution in [0.5, 0.6) is 0 Å². The second-order valence-electron chi connectivity index (χ2n) is 4.59. The molecule has 0 bridgehead atoms. The zero-order valence-corrected chi connectivity index (χ0v) is 12.2. The molecule has 3 aromatic rings. The Balaban J connectivity index is 2.13. The van der Waals surface area contributed by atoms with Crippen LogP contribution in [-0.2, 0) is 6.42 Å². The lowest BCUT2D eigenvalue weighted by Gasteiger charge is -2.06. The van der Waals surface area contributed by atoms with E-state index in [4.69, 9.17) is 0 Å². The highest BCUT2D eigenvalue weighted by Gasteiger charge is 2.11. The zero-order valence-electron chi connectivity index (χ0n) is 10.7. The third kappa shape index (κ3) is 2.58. The summed E-state index contributed by atoms with van der Waals surface area (Å²) >= 11 is 3.12. The van der Waals surface area contributed by atoms with Gasteiger partial charge >= 0.3 is 0 Å². The first kappa shape index (κ1) is 13.9. The number of fused-ring (bicyclic) bond motifs is 1. The van der Waals surface area contributed by atoms with Gasteiger partial charge in [-0.05, 0) is 39.7 Å². The Bertz CT molecular complexity index is 892. The van der Waals surface area contributed by atoms with Crippen molar-refractivity contribution in [3.63, 3.8) is 0 Å². The molecule has 0 aliphatic rings. The van der Waals surface area contributed by atoms with Crippen molar-refractivity contribution in [1.29, 1.82) is 0 Å². The van der Waals surface area contributed by atoms with E-state index in [-0.39, 0.29) is 11.2 Å². The molecule has 21 heavy (non-hydrogen) atoms. The van der Waals surface area contributed by atoms with E-state index in [9.17, 15) is 13.6 Å². The first-order chi connectivity index (χ1) is 10.1. The van der Waals surface area contributed by atoms with E-state index in [0.29, 0.717) is 22.0 Å². The summed E-state index contributed by atoms with van der Waals surface area (Å²) in [7, 11) is 0. The summed E-state index contributed by atoms with van der Waals surface area (Å²) in [5.74, 6) is -0.943. The summed E-state index contributed by atoms with van der Waals surface area (Å²) in [6.07, 6.45) is 0.357. The van der Waals surface area contributed by atoms with E-state index in [1.54, 1.807) is 18.2 Å². The zero-order chi connectivity index (χ0) is 15.0. The molecule has 106 valence electrons. The Labute approximate surface area is 126 Å². The predicted molar refractivity (Wildman–Crippen MR) is 79.2 cm³/mol. The van der Waals surface area contributed by atoms with Crippen molar-refractivity contribution in [1.82, 2.24) is 10.2 Å². The highest BCUT2D eigenvalue weighted by Crippen LogP contribution is 2.22. The number of aromatic nitrogens is 2. The summed E-state index contributed by atoms with van der Waals surface area (Å²) in [5, 5.41) is 6.73. The third-order valence-corrected chi connectivity index (χ3v) is 3.81. The van der Waals surface area contributed by atoms with Crippen molar-refractivity contribution in [3.05, 3.63) is 74.1 Å². The van der Waals surface area contributed by atoms with Gasteiger partial charge in [-0.2, -0.15) is 5.10 Å². The molecular formula is C15H9BrF2N2O. The van der Waals surface area contributed by atoms with Crippen molar-refractivity contribution >= 4 is 26.7 Å². The molecular weight excluding hydrogens is 342 g/mol. The number of hydrogen-bond acceptors (Lipinski definition) is 2. The number of nitrogens with one attached hydrogen (secondary N) is 1. The van der Waals surface area contributed by atoms with Crippen molar-refractivity contribution in [2.75, 3.05) is 0 Å². The Morgan fingerprint density at radius 3 is 2.71 bits per heavy atom. The average Bonchev–Trinajstić information content (AvgIpc) is 2.46. The van der Waals surface area contributed by atoms with Crippen LogP contribution in [-0.4, -0.2) is 10.2 Å². The van der Waals surface area contributed by atoms with Gasteiger partial charge in [0.1, 0.15) is 11.6 Å². The molecule has 0 saturated heterocycles. The van der Waals surface area contributed by atoms with Crippen LogP contribution in [0.4, 0.5) is 8.78 Å². The number of halogens is 3. The minimum atomic E-state index is -0.585. The van der Waals surface area contributed by atoms with Crippen LogP contribution in [0.1, 0.15) is 11.3 Å². The van der Waals surface area contributed by atoms with Crippen molar-refractivity contribution < 1.29 is 8.78 Å². The Morgan fingerprint density at radius 2 is 1.95 bits per heavy atom. The van der Waals surface area contributed by atoms with Crippen molar-refractivity contribution in [3.8, 4) is 0 Å². The maximum absolute atomic E-state index is 13.8. The molecule has 0 radical (unpaired) electrons. The second-order valence-corrected chi connectivity index (χ2v) is 5.44. The largest absolute Gasteiger partial charge is 0.275 e. The molecule has 6 heteroatoms. The fourth-order valence-electron chi connectivity index (χ4n) is 2.21. The van der Waals surface area contributed by atoms with Gasteiger partial charge in [-0.15, -0.1) is 0 Å². The molecule has 0 fully saturated rings. The number of benzene rings is 2. The lowest BCUT2D eigenvalue weighted by Crippen LogP contribution is -2.12. The van der Waals surface area contributed by atoms with Gasteiger partial charge in [-0.1, -0.05) is 18.2 Å². The minimum absolute atomic E-state index is 0.0105. The molecule has 1 heterocycles. The van der Waals surface area contributed by atoms with Crippen LogP contribution in [0.15, 0.2) is 45.7 Å². The van der Waals surface area contributed by atoms with Crippen molar-refractivity contribution in [2.45, 2.75) is 6.42 Å². The van der Waals surface area contributed by atoms with E-state index < -0.39 is 11.4 Å². The molecule has 0 amide bonds. The first-order valence-corrected chi connectivity index (χ1v) is 6.95. The first-order valence-electron chi connectivity index (χ1n) is 6.16. The van der Waals surface area contributed by atoms with Crippen LogP contribution in [0.25, 0.3) is 10.8 Å². The second kappa shape index (κ2) is 5.37. The smallest absolute Gasteiger partial charge is 0.267 e. The van der Waals surface area contributed by atoms with Crippen molar-refractivity contribution in [2.24, 2.45) is 0 Å². The van der Waals surface area contributed by atoms with Gasteiger partial charge in [0.25, 0.3) is 5.56 Å². The van der Waals surface area contributed by atoms with Crippen LogP contribution < -0.4 is 5.56 Å². The summed E-state index contributed by atoms with van der Waals surface area (Å²) in [5.41, 5.74) is 0.767. The monoisotopic (exact) mass is 350 g/mol. The van der Waals surface area contributed by atoms with Gasteiger partial charge in [0.15, 0.2) is 0 Å². The quantitative estimate of drug-likeness (QED) is 0.768. The van der Waals surface area contributed by atoms with Crippen LogP contribution in [0, 0.1) is 11.6 Å². The molecule has 1 N–H and O–H groups in total. The summed E-state index contributed by atoms with van der Waals surface area (Å²) in [6, 6.07) is 9.01. The molecule has 0 aliphatic carbocycles. The molecule has 0 atom stereocenters. The number of nitrogens with zero attached hydrogens (tertiary/aromatic N) is 1. The molecule has 0 unspecified atom stereocenters. The van der Waals surface area contributed by atoms with E-state index in [2.05, 4.69) is 26.1 Å². The molecule has 0 spiro atoms. The van der Waals surface area contributed by atoms with Crippen LogP contribution in [0.3, 0.4) is 0 Å². The van der Waals surface area contributed by atoms with Gasteiger partial charge in [0.2, 0.25) is 0 Å². The maximum Gasteiger partial charge on any atom is 0.275 e. The topological polar surface area (TPSA) is 45.8 Å². The number of rotatable bonds is 2. The molecule has 1 aromatic heterocycles. The number of hydrogen-bond donors (Lipinski definition) is 1. The lowest BCUT2D eigenvalue weighted by atomic mass is 10.0. The Morgan fingerprint density at radius 1 is 1.14 bits per heavy atom. The Hall–Kier alpha value is -2.08. The highest BCUT2D eigenvalue weighted by molar-refractivity contribution is 9.10. The maximum atomic E-state index is 13.8. The van der Waals surface area contributed by atoms with E-state index >= 15 is 0 Å². The highest BCUT2D eigenvalue weighted by atomic mass is 79.9. The SMILES string of the molecule is O=c1[nH]nc(Cc2ccc(F)c(Br)c2)c2cccc(F)c12. The number of aromatic amines is 1. The summed E-state index contributed by atoms with van der Waals surface area (Å²) in [6.45, 7) is 0. The van der Waals surface area contributed by atoms with Gasteiger partial charge in [0, 0.05) is 11.8 Å². The molecule has 2 aromatic carbocycles. The van der Waals surface area contributed by atoms with E-state index in [1.165, 1.54) is 18.2 Å². The average molecular weight is 351 g/mol. The van der Waals surface area contributed by atoms with Gasteiger partial charge in [-0.25, -0.2) is 13.9 Å². The van der Waals surface area contributed by atoms with Gasteiger partial charge in [-0.3, -0.25) is 4.79 Å². The normalized spacial score (nSPS) is 11.0. The van der Waals surface area contributed by atoms with Crippen LogP contribution in [0.2, 0.25) is 0 Å². The number of H-pyrrole nitrogens is 1. The van der Waals surface area contributed by atoms with E-state index in [0.717, 1.165) is 5.56 Å². The summed E-state index contributed by atoms with van der Waals surface area (Å²) < 4.78 is 27.4. The molecule has 3 nitrogen and oxygen atoms in total. The van der Waals surface area contributed by atoms with E-state index in [1.807, 2.05) is 0 Å².